The van der Waals surface area contributed by atoms with E-state index in [4.69, 9.17) is 11.6 Å². The Hall–Kier alpha value is -1.52. The van der Waals surface area contributed by atoms with Gasteiger partial charge in [0.25, 0.3) is 0 Å². The molecule has 1 saturated heterocycles. The summed E-state index contributed by atoms with van der Waals surface area (Å²) < 4.78 is 0. The van der Waals surface area contributed by atoms with Gasteiger partial charge >= 0.3 is 0 Å². The Bertz CT molecular complexity index is 588. The summed E-state index contributed by atoms with van der Waals surface area (Å²) >= 11 is 7.48. The van der Waals surface area contributed by atoms with E-state index >= 15 is 0 Å². The van der Waals surface area contributed by atoms with Crippen LogP contribution in [0, 0.1) is 0 Å². The number of piperazine rings is 1. The molecule has 1 aliphatic rings. The number of hydrogen-bond acceptors (Lipinski definition) is 4. The summed E-state index contributed by atoms with van der Waals surface area (Å²) in [6.45, 7) is 3.91. The van der Waals surface area contributed by atoms with Crippen molar-refractivity contribution >= 4 is 39.9 Å². The Labute approximate surface area is 127 Å². The van der Waals surface area contributed by atoms with E-state index in [0.29, 0.717) is 0 Å². The van der Waals surface area contributed by atoms with Gasteiger partial charge in [0.2, 0.25) is 0 Å². The molecule has 1 aromatic carbocycles. The Morgan fingerprint density at radius 3 is 2.20 bits per heavy atom. The van der Waals surface area contributed by atoms with E-state index in [1.807, 2.05) is 24.3 Å². The van der Waals surface area contributed by atoms with Gasteiger partial charge in [0.05, 0.1) is 9.88 Å². The lowest BCUT2D eigenvalue weighted by molar-refractivity contribution is 0.112. The summed E-state index contributed by atoms with van der Waals surface area (Å²) in [6, 6.07) is 11.9. The van der Waals surface area contributed by atoms with E-state index in [1.54, 1.807) is 11.3 Å². The van der Waals surface area contributed by atoms with Crippen molar-refractivity contribution in [2.24, 2.45) is 0 Å². The molecule has 0 atom stereocenters. The Morgan fingerprint density at radius 1 is 0.950 bits per heavy atom. The zero-order valence-corrected chi connectivity index (χ0v) is 12.5. The highest BCUT2D eigenvalue weighted by Gasteiger charge is 2.18. The lowest BCUT2D eigenvalue weighted by Crippen LogP contribution is -2.46. The van der Waals surface area contributed by atoms with Gasteiger partial charge in [0.1, 0.15) is 0 Å². The first-order valence-corrected chi connectivity index (χ1v) is 7.76. The van der Waals surface area contributed by atoms with E-state index in [9.17, 15) is 4.79 Å². The summed E-state index contributed by atoms with van der Waals surface area (Å²) in [7, 11) is 0. The fraction of sp³-hybridized carbons (Fsp3) is 0.267. The molecule has 1 aliphatic heterocycles. The molecule has 2 aromatic rings. The molecule has 0 radical (unpaired) electrons. The second-order valence-electron chi connectivity index (χ2n) is 4.74. The minimum Gasteiger partial charge on any atom is -0.368 e. The van der Waals surface area contributed by atoms with Crippen LogP contribution in [0.1, 0.15) is 9.67 Å². The van der Waals surface area contributed by atoms with Crippen LogP contribution in [0.3, 0.4) is 0 Å². The number of carbonyl (C=O) groups is 1. The van der Waals surface area contributed by atoms with Gasteiger partial charge in [-0.25, -0.2) is 0 Å². The van der Waals surface area contributed by atoms with Crippen LogP contribution in [0.25, 0.3) is 0 Å². The van der Waals surface area contributed by atoms with Gasteiger partial charge in [0.15, 0.2) is 6.29 Å². The molecule has 0 N–H and O–H groups in total. The van der Waals surface area contributed by atoms with Gasteiger partial charge in [-0.05, 0) is 36.4 Å². The number of thiophene rings is 1. The molecule has 5 heteroatoms. The third-order valence-electron chi connectivity index (χ3n) is 3.51. The van der Waals surface area contributed by atoms with Crippen LogP contribution < -0.4 is 9.80 Å². The third kappa shape index (κ3) is 2.81. The van der Waals surface area contributed by atoms with Crippen LogP contribution in [0.5, 0.6) is 0 Å². The smallest absolute Gasteiger partial charge is 0.160 e. The van der Waals surface area contributed by atoms with Gasteiger partial charge in [-0.15, -0.1) is 11.3 Å². The lowest BCUT2D eigenvalue weighted by atomic mass is 10.2. The molecule has 2 heterocycles. The topological polar surface area (TPSA) is 23.6 Å². The molecule has 1 aromatic heterocycles. The van der Waals surface area contributed by atoms with E-state index in [-0.39, 0.29) is 0 Å². The van der Waals surface area contributed by atoms with Crippen molar-refractivity contribution in [2.75, 3.05) is 36.0 Å². The molecule has 0 amide bonds. The Morgan fingerprint density at radius 2 is 1.60 bits per heavy atom. The zero-order valence-electron chi connectivity index (χ0n) is 11.0. The molecule has 0 bridgehead atoms. The van der Waals surface area contributed by atoms with E-state index in [1.165, 1.54) is 10.7 Å². The van der Waals surface area contributed by atoms with E-state index in [2.05, 4.69) is 21.9 Å². The van der Waals surface area contributed by atoms with Gasteiger partial charge in [0, 0.05) is 36.9 Å². The molecule has 3 rings (SSSR count). The highest BCUT2D eigenvalue weighted by molar-refractivity contribution is 7.17. The largest absolute Gasteiger partial charge is 0.368 e. The van der Waals surface area contributed by atoms with Crippen molar-refractivity contribution in [3.63, 3.8) is 0 Å². The van der Waals surface area contributed by atoms with Crippen LogP contribution >= 0.6 is 22.9 Å². The Balaban J connectivity index is 1.64. The van der Waals surface area contributed by atoms with Gasteiger partial charge in [-0.2, -0.15) is 0 Å². The summed E-state index contributed by atoms with van der Waals surface area (Å²) in [5, 5.41) is 1.95. The number of nitrogens with zero attached hydrogens (tertiary/aromatic N) is 2. The van der Waals surface area contributed by atoms with E-state index < -0.39 is 0 Å². The lowest BCUT2D eigenvalue weighted by Gasteiger charge is -2.36. The van der Waals surface area contributed by atoms with Crippen molar-refractivity contribution in [1.29, 1.82) is 0 Å². The SMILES string of the molecule is O=Cc1ccc(N2CCN(c3ccc(Cl)cc3)CC2)s1. The number of benzene rings is 1. The number of rotatable bonds is 3. The van der Waals surface area contributed by atoms with Crippen molar-refractivity contribution in [2.45, 2.75) is 0 Å². The fourth-order valence-corrected chi connectivity index (χ4v) is 3.41. The average Bonchev–Trinajstić information content (AvgIpc) is 2.97. The molecule has 0 unspecified atom stereocenters. The first-order chi connectivity index (χ1) is 9.76. The molecule has 20 heavy (non-hydrogen) atoms. The minimum absolute atomic E-state index is 0.771. The maximum atomic E-state index is 10.7. The molecule has 0 aliphatic carbocycles. The highest BCUT2D eigenvalue weighted by atomic mass is 35.5. The zero-order chi connectivity index (χ0) is 13.9. The van der Waals surface area contributed by atoms with Crippen molar-refractivity contribution in [1.82, 2.24) is 0 Å². The second kappa shape index (κ2) is 5.85. The van der Waals surface area contributed by atoms with Crippen LogP contribution in [-0.4, -0.2) is 32.5 Å². The maximum absolute atomic E-state index is 10.7. The quantitative estimate of drug-likeness (QED) is 0.810. The number of carbonyl (C=O) groups excluding carboxylic acids is 1. The molecular weight excluding hydrogens is 292 g/mol. The van der Waals surface area contributed by atoms with Crippen molar-refractivity contribution in [3.05, 3.63) is 46.3 Å². The van der Waals surface area contributed by atoms with Crippen LogP contribution in [-0.2, 0) is 0 Å². The maximum Gasteiger partial charge on any atom is 0.160 e. The normalized spacial score (nSPS) is 15.4. The van der Waals surface area contributed by atoms with Crippen LogP contribution in [0.2, 0.25) is 5.02 Å². The number of aldehydes is 1. The molecule has 3 nitrogen and oxygen atoms in total. The highest BCUT2D eigenvalue weighted by Crippen LogP contribution is 2.27. The molecule has 0 spiro atoms. The van der Waals surface area contributed by atoms with Crippen molar-refractivity contribution in [3.8, 4) is 0 Å². The third-order valence-corrected chi connectivity index (χ3v) is 4.84. The standard InChI is InChI=1S/C15H15ClN2OS/c16-12-1-3-13(4-2-12)17-7-9-18(10-8-17)15-6-5-14(11-19)20-15/h1-6,11H,7-10H2. The van der Waals surface area contributed by atoms with Crippen molar-refractivity contribution < 1.29 is 4.79 Å². The fourth-order valence-electron chi connectivity index (χ4n) is 2.41. The summed E-state index contributed by atoms with van der Waals surface area (Å²) in [5.74, 6) is 0. The molecule has 0 saturated carbocycles. The van der Waals surface area contributed by atoms with Gasteiger partial charge in [-0.3, -0.25) is 4.79 Å². The second-order valence-corrected chi connectivity index (χ2v) is 6.27. The van der Waals surface area contributed by atoms with Crippen LogP contribution in [0.4, 0.5) is 10.7 Å². The molecular formula is C15H15ClN2OS. The number of halogens is 1. The monoisotopic (exact) mass is 306 g/mol. The summed E-state index contributed by atoms with van der Waals surface area (Å²) in [6.07, 6.45) is 0.915. The predicted molar refractivity (Wildman–Crippen MR) is 85.6 cm³/mol. The van der Waals surface area contributed by atoms with E-state index in [0.717, 1.165) is 42.4 Å². The number of anilines is 2. The molecule has 1 fully saturated rings. The minimum atomic E-state index is 0.771. The van der Waals surface area contributed by atoms with Gasteiger partial charge < -0.3 is 9.80 Å². The Kier molecular flexibility index (Phi) is 3.94. The summed E-state index contributed by atoms with van der Waals surface area (Å²) in [5.41, 5.74) is 1.22. The summed E-state index contributed by atoms with van der Waals surface area (Å²) in [4.78, 5) is 16.2. The molecule has 104 valence electrons. The first kappa shape index (κ1) is 13.5. The predicted octanol–water partition coefficient (Wildman–Crippen LogP) is 3.54. The number of hydrogen-bond donors (Lipinski definition) is 0. The van der Waals surface area contributed by atoms with Gasteiger partial charge in [-0.1, -0.05) is 11.6 Å². The van der Waals surface area contributed by atoms with Crippen LogP contribution in [0.15, 0.2) is 36.4 Å². The average molecular weight is 307 g/mol. The first-order valence-electron chi connectivity index (χ1n) is 6.57.